The van der Waals surface area contributed by atoms with Crippen LogP contribution in [0.3, 0.4) is 0 Å². The molecule has 110 valence electrons. The number of carbonyl (C=O) groups is 1. The molecule has 20 heavy (non-hydrogen) atoms. The van der Waals surface area contributed by atoms with Gasteiger partial charge in [0.2, 0.25) is 0 Å². The first-order valence-electron chi connectivity index (χ1n) is 7.35. The molecule has 2 unspecified atom stereocenters. The van der Waals surface area contributed by atoms with Crippen molar-refractivity contribution in [2.24, 2.45) is 0 Å². The van der Waals surface area contributed by atoms with Crippen molar-refractivity contribution >= 4 is 5.97 Å². The number of hydrogen-bond donors (Lipinski definition) is 2. The van der Waals surface area contributed by atoms with Crippen LogP contribution in [-0.2, 0) is 4.79 Å². The summed E-state index contributed by atoms with van der Waals surface area (Å²) < 4.78 is 0. The fourth-order valence-electron chi connectivity index (χ4n) is 3.15. The molecule has 0 aliphatic carbocycles. The van der Waals surface area contributed by atoms with Crippen LogP contribution >= 0.6 is 0 Å². The van der Waals surface area contributed by atoms with Crippen molar-refractivity contribution in [1.82, 2.24) is 4.90 Å². The summed E-state index contributed by atoms with van der Waals surface area (Å²) in [6.07, 6.45) is 4.25. The number of piperidine rings is 1. The van der Waals surface area contributed by atoms with Crippen LogP contribution in [0.4, 0.5) is 0 Å². The largest absolute Gasteiger partial charge is 0.508 e. The van der Waals surface area contributed by atoms with Gasteiger partial charge >= 0.3 is 5.97 Å². The highest BCUT2D eigenvalue weighted by atomic mass is 16.4. The maximum Gasteiger partial charge on any atom is 0.303 e. The van der Waals surface area contributed by atoms with E-state index in [4.69, 9.17) is 5.11 Å². The van der Waals surface area contributed by atoms with Gasteiger partial charge in [-0.2, -0.15) is 0 Å². The van der Waals surface area contributed by atoms with E-state index in [0.717, 1.165) is 31.4 Å². The average Bonchev–Trinajstić information content (AvgIpc) is 2.45. The minimum absolute atomic E-state index is 0.121. The third-order valence-electron chi connectivity index (χ3n) is 4.25. The summed E-state index contributed by atoms with van der Waals surface area (Å²) in [5, 5.41) is 18.9. The van der Waals surface area contributed by atoms with E-state index in [1.807, 2.05) is 18.2 Å². The molecule has 0 amide bonds. The van der Waals surface area contributed by atoms with Gasteiger partial charge in [-0.3, -0.25) is 9.69 Å². The monoisotopic (exact) mass is 277 g/mol. The molecule has 1 aliphatic heterocycles. The van der Waals surface area contributed by atoms with Crippen LogP contribution < -0.4 is 0 Å². The number of phenolic OH excluding ortho intramolecular Hbond substituents is 1. The Balaban J connectivity index is 2.10. The maximum atomic E-state index is 10.8. The lowest BCUT2D eigenvalue weighted by Gasteiger charge is -2.40. The first-order valence-corrected chi connectivity index (χ1v) is 7.35. The maximum absolute atomic E-state index is 10.8. The molecule has 1 heterocycles. The molecule has 4 nitrogen and oxygen atoms in total. The van der Waals surface area contributed by atoms with Crippen molar-refractivity contribution in [1.29, 1.82) is 0 Å². The highest BCUT2D eigenvalue weighted by Crippen LogP contribution is 2.33. The lowest BCUT2D eigenvalue weighted by Crippen LogP contribution is -2.41. The predicted octanol–water partition coefficient (Wildman–Crippen LogP) is 3.17. The number of carboxylic acids is 1. The van der Waals surface area contributed by atoms with Gasteiger partial charge < -0.3 is 10.2 Å². The van der Waals surface area contributed by atoms with E-state index in [1.165, 1.54) is 0 Å². The molecule has 0 saturated carbocycles. The van der Waals surface area contributed by atoms with Crippen molar-refractivity contribution < 1.29 is 15.0 Å². The minimum atomic E-state index is -0.731. The first-order chi connectivity index (χ1) is 9.59. The zero-order chi connectivity index (χ0) is 14.5. The zero-order valence-electron chi connectivity index (χ0n) is 12.0. The molecule has 2 atom stereocenters. The molecule has 4 heteroatoms. The Hall–Kier alpha value is -1.55. The Morgan fingerprint density at radius 2 is 2.15 bits per heavy atom. The summed E-state index contributed by atoms with van der Waals surface area (Å²) in [6.45, 7) is 3.06. The third kappa shape index (κ3) is 3.51. The molecule has 1 aromatic carbocycles. The van der Waals surface area contributed by atoms with Gasteiger partial charge in [0.05, 0.1) is 0 Å². The number of benzene rings is 1. The van der Waals surface area contributed by atoms with Gasteiger partial charge in [-0.1, -0.05) is 24.6 Å². The van der Waals surface area contributed by atoms with Crippen molar-refractivity contribution in [3.8, 4) is 5.75 Å². The van der Waals surface area contributed by atoms with Crippen LogP contribution in [0.15, 0.2) is 24.3 Å². The van der Waals surface area contributed by atoms with Gasteiger partial charge in [-0.05, 0) is 38.8 Å². The number of hydrogen-bond acceptors (Lipinski definition) is 3. The highest BCUT2D eigenvalue weighted by Gasteiger charge is 2.28. The van der Waals surface area contributed by atoms with E-state index in [1.54, 1.807) is 6.07 Å². The molecule has 1 aliphatic rings. The molecular formula is C16H23NO3. The number of nitrogens with zero attached hydrogens (tertiary/aromatic N) is 1. The molecule has 1 saturated heterocycles. The van der Waals surface area contributed by atoms with Crippen LogP contribution in [0.2, 0.25) is 0 Å². The van der Waals surface area contributed by atoms with Gasteiger partial charge in [0.1, 0.15) is 5.75 Å². The standard InChI is InChI=1S/C16H23NO3/c1-12(14-7-2-3-8-15(14)18)17-11-5-4-6-13(17)9-10-16(19)20/h2-3,7-8,12-13,18H,4-6,9-11H2,1H3,(H,19,20). The second-order valence-corrected chi connectivity index (χ2v) is 5.55. The topological polar surface area (TPSA) is 60.8 Å². The Morgan fingerprint density at radius 1 is 1.40 bits per heavy atom. The van der Waals surface area contributed by atoms with Crippen molar-refractivity contribution in [2.75, 3.05) is 6.54 Å². The van der Waals surface area contributed by atoms with Crippen LogP contribution in [0.5, 0.6) is 5.75 Å². The van der Waals surface area contributed by atoms with E-state index in [2.05, 4.69) is 11.8 Å². The number of aliphatic carboxylic acids is 1. The van der Waals surface area contributed by atoms with E-state index in [0.29, 0.717) is 18.2 Å². The molecule has 2 rings (SSSR count). The van der Waals surface area contributed by atoms with Crippen molar-refractivity contribution in [3.05, 3.63) is 29.8 Å². The summed E-state index contributed by atoms with van der Waals surface area (Å²) >= 11 is 0. The summed E-state index contributed by atoms with van der Waals surface area (Å²) in [4.78, 5) is 13.1. The summed E-state index contributed by atoms with van der Waals surface area (Å²) in [5.74, 6) is -0.409. The van der Waals surface area contributed by atoms with Crippen LogP contribution in [0.1, 0.15) is 50.6 Å². The summed E-state index contributed by atoms with van der Waals surface area (Å²) in [6, 6.07) is 7.83. The number of para-hydroxylation sites is 1. The smallest absolute Gasteiger partial charge is 0.303 e. The van der Waals surface area contributed by atoms with Gasteiger partial charge in [-0.25, -0.2) is 0 Å². The molecule has 2 N–H and O–H groups in total. The SMILES string of the molecule is CC(c1ccccc1O)N1CCCCC1CCC(=O)O. The van der Waals surface area contributed by atoms with Gasteiger partial charge in [-0.15, -0.1) is 0 Å². The van der Waals surface area contributed by atoms with Crippen molar-refractivity contribution in [2.45, 2.75) is 51.1 Å². The van der Waals surface area contributed by atoms with E-state index >= 15 is 0 Å². The molecular weight excluding hydrogens is 254 g/mol. The molecule has 0 spiro atoms. The van der Waals surface area contributed by atoms with E-state index in [9.17, 15) is 9.90 Å². The van der Waals surface area contributed by atoms with Gasteiger partial charge in [0, 0.05) is 24.1 Å². The highest BCUT2D eigenvalue weighted by molar-refractivity contribution is 5.66. The normalized spacial score (nSPS) is 21.6. The number of rotatable bonds is 5. The Bertz CT molecular complexity index is 461. The Labute approximate surface area is 120 Å². The number of likely N-dealkylation sites (tertiary alicyclic amines) is 1. The molecule has 0 radical (unpaired) electrons. The predicted molar refractivity (Wildman–Crippen MR) is 77.7 cm³/mol. The third-order valence-corrected chi connectivity index (χ3v) is 4.25. The second kappa shape index (κ2) is 6.75. The molecule has 0 aromatic heterocycles. The van der Waals surface area contributed by atoms with Gasteiger partial charge in [0.25, 0.3) is 0 Å². The number of aromatic hydroxyl groups is 1. The first kappa shape index (κ1) is 14.9. The number of phenols is 1. The van der Waals surface area contributed by atoms with E-state index < -0.39 is 5.97 Å². The van der Waals surface area contributed by atoms with Crippen LogP contribution in [0, 0.1) is 0 Å². The quantitative estimate of drug-likeness (QED) is 0.868. The van der Waals surface area contributed by atoms with Crippen molar-refractivity contribution in [3.63, 3.8) is 0 Å². The fourth-order valence-corrected chi connectivity index (χ4v) is 3.15. The Morgan fingerprint density at radius 3 is 2.85 bits per heavy atom. The lowest BCUT2D eigenvalue weighted by molar-refractivity contribution is -0.137. The minimum Gasteiger partial charge on any atom is -0.508 e. The number of carboxylic acid groups (broad SMARTS) is 1. The Kier molecular flexibility index (Phi) is 5.01. The fraction of sp³-hybridized carbons (Fsp3) is 0.562. The molecule has 1 aromatic rings. The van der Waals surface area contributed by atoms with Crippen LogP contribution in [-0.4, -0.2) is 33.7 Å². The average molecular weight is 277 g/mol. The second-order valence-electron chi connectivity index (χ2n) is 5.55. The summed E-state index contributed by atoms with van der Waals surface area (Å²) in [7, 11) is 0. The van der Waals surface area contributed by atoms with Crippen LogP contribution in [0.25, 0.3) is 0 Å². The lowest BCUT2D eigenvalue weighted by atomic mass is 9.94. The van der Waals surface area contributed by atoms with Gasteiger partial charge in [0.15, 0.2) is 0 Å². The molecule has 1 fully saturated rings. The van der Waals surface area contributed by atoms with E-state index in [-0.39, 0.29) is 12.5 Å². The zero-order valence-corrected chi connectivity index (χ0v) is 12.0. The summed E-state index contributed by atoms with van der Waals surface area (Å²) in [5.41, 5.74) is 0.926. The molecule has 0 bridgehead atoms.